The summed E-state index contributed by atoms with van der Waals surface area (Å²) in [5, 5.41) is 2.13. The molecule has 1 heterocycles. The summed E-state index contributed by atoms with van der Waals surface area (Å²) in [6, 6.07) is 19.5. The minimum atomic E-state index is -0.256. The first-order valence-corrected chi connectivity index (χ1v) is 9.97. The SMILES string of the molecule is C=CCn1c(=NC(=O)c2ccc3ccccc3c2)sc2cccc(OCC)c21. The molecule has 0 aliphatic heterocycles. The number of hydrogen-bond donors (Lipinski definition) is 0. The van der Waals surface area contributed by atoms with Crippen molar-refractivity contribution in [3.05, 3.63) is 83.7 Å². The number of carbonyl (C=O) groups excluding carboxylic acids is 1. The van der Waals surface area contributed by atoms with Gasteiger partial charge < -0.3 is 9.30 Å². The number of hydrogen-bond acceptors (Lipinski definition) is 3. The maximum atomic E-state index is 12.9. The molecule has 5 heteroatoms. The van der Waals surface area contributed by atoms with Crippen LogP contribution in [0, 0.1) is 0 Å². The first-order chi connectivity index (χ1) is 13.7. The normalized spacial score (nSPS) is 11.8. The molecule has 0 atom stereocenters. The van der Waals surface area contributed by atoms with Crippen molar-refractivity contribution in [2.24, 2.45) is 4.99 Å². The Hall–Kier alpha value is -3.18. The summed E-state index contributed by atoms with van der Waals surface area (Å²) in [6.45, 7) is 6.93. The Bertz CT molecular complexity index is 1250. The fourth-order valence-corrected chi connectivity index (χ4v) is 4.28. The van der Waals surface area contributed by atoms with Gasteiger partial charge in [-0.05, 0) is 42.0 Å². The smallest absolute Gasteiger partial charge is 0.279 e. The molecule has 3 aromatic carbocycles. The number of para-hydroxylation sites is 1. The maximum absolute atomic E-state index is 12.9. The van der Waals surface area contributed by atoms with Crippen molar-refractivity contribution in [3.8, 4) is 5.75 Å². The lowest BCUT2D eigenvalue weighted by Gasteiger charge is -2.08. The van der Waals surface area contributed by atoms with Gasteiger partial charge in [0.2, 0.25) is 0 Å². The molecule has 4 nitrogen and oxygen atoms in total. The zero-order chi connectivity index (χ0) is 19.5. The molecular formula is C23H20N2O2S. The van der Waals surface area contributed by atoms with Crippen LogP contribution < -0.4 is 9.54 Å². The topological polar surface area (TPSA) is 43.6 Å². The molecule has 140 valence electrons. The van der Waals surface area contributed by atoms with Crippen molar-refractivity contribution in [2.45, 2.75) is 13.5 Å². The van der Waals surface area contributed by atoms with E-state index < -0.39 is 0 Å². The summed E-state index contributed by atoms with van der Waals surface area (Å²) in [6.07, 6.45) is 1.80. The van der Waals surface area contributed by atoms with E-state index in [4.69, 9.17) is 4.74 Å². The minimum absolute atomic E-state index is 0.256. The summed E-state index contributed by atoms with van der Waals surface area (Å²) >= 11 is 1.48. The molecule has 4 aromatic rings. The lowest BCUT2D eigenvalue weighted by molar-refractivity contribution is 0.0998. The van der Waals surface area contributed by atoms with Crippen molar-refractivity contribution in [2.75, 3.05) is 6.61 Å². The van der Waals surface area contributed by atoms with E-state index in [-0.39, 0.29) is 5.91 Å². The molecule has 1 amide bonds. The second-order valence-electron chi connectivity index (χ2n) is 6.30. The van der Waals surface area contributed by atoms with Crippen molar-refractivity contribution in [1.82, 2.24) is 4.57 Å². The average molecular weight is 388 g/mol. The molecular weight excluding hydrogens is 368 g/mol. The van der Waals surface area contributed by atoms with E-state index in [0.717, 1.165) is 26.7 Å². The highest BCUT2D eigenvalue weighted by atomic mass is 32.1. The van der Waals surface area contributed by atoms with Crippen LogP contribution in [-0.2, 0) is 6.54 Å². The predicted octanol–water partition coefficient (Wildman–Crippen LogP) is 5.18. The number of ether oxygens (including phenoxy) is 1. The highest BCUT2D eigenvalue weighted by Gasteiger charge is 2.13. The van der Waals surface area contributed by atoms with Gasteiger partial charge in [0.05, 0.1) is 11.3 Å². The largest absolute Gasteiger partial charge is 0.492 e. The summed E-state index contributed by atoms with van der Waals surface area (Å²) in [7, 11) is 0. The predicted molar refractivity (Wildman–Crippen MR) is 115 cm³/mol. The Labute approximate surface area is 167 Å². The van der Waals surface area contributed by atoms with Crippen LogP contribution in [0.5, 0.6) is 5.75 Å². The lowest BCUT2D eigenvalue weighted by Crippen LogP contribution is -2.16. The quantitative estimate of drug-likeness (QED) is 0.442. The van der Waals surface area contributed by atoms with Crippen LogP contribution in [0.25, 0.3) is 21.0 Å². The number of benzene rings is 3. The number of carbonyl (C=O) groups is 1. The van der Waals surface area contributed by atoms with Gasteiger partial charge >= 0.3 is 0 Å². The van der Waals surface area contributed by atoms with Gasteiger partial charge in [0.25, 0.3) is 5.91 Å². The monoisotopic (exact) mass is 388 g/mol. The Balaban J connectivity index is 1.85. The van der Waals surface area contributed by atoms with E-state index in [1.54, 1.807) is 6.08 Å². The zero-order valence-corrected chi connectivity index (χ0v) is 16.4. The third-order valence-corrected chi connectivity index (χ3v) is 5.51. The molecule has 0 unspecified atom stereocenters. The molecule has 28 heavy (non-hydrogen) atoms. The number of rotatable bonds is 5. The molecule has 0 aliphatic carbocycles. The summed E-state index contributed by atoms with van der Waals surface area (Å²) < 4.78 is 8.79. The molecule has 0 fully saturated rings. The van der Waals surface area contributed by atoms with Crippen LogP contribution in [0.3, 0.4) is 0 Å². The van der Waals surface area contributed by atoms with E-state index in [2.05, 4.69) is 11.6 Å². The van der Waals surface area contributed by atoms with Gasteiger partial charge in [0, 0.05) is 12.1 Å². The summed E-state index contributed by atoms with van der Waals surface area (Å²) in [5.74, 6) is 0.533. The number of nitrogens with zero attached hydrogens (tertiary/aromatic N) is 2. The minimum Gasteiger partial charge on any atom is -0.492 e. The van der Waals surface area contributed by atoms with Gasteiger partial charge in [-0.25, -0.2) is 0 Å². The van der Waals surface area contributed by atoms with Crippen molar-refractivity contribution in [3.63, 3.8) is 0 Å². The number of aromatic nitrogens is 1. The molecule has 0 bridgehead atoms. The third-order valence-electron chi connectivity index (χ3n) is 4.47. The van der Waals surface area contributed by atoms with Gasteiger partial charge in [0.15, 0.2) is 4.80 Å². The van der Waals surface area contributed by atoms with Crippen LogP contribution in [0.4, 0.5) is 0 Å². The highest BCUT2D eigenvalue weighted by Crippen LogP contribution is 2.27. The standard InChI is InChI=1S/C23H20N2O2S/c1-3-14-25-21-19(27-4-2)10-7-11-20(21)28-23(25)24-22(26)18-13-12-16-8-5-6-9-17(16)15-18/h3,5-13,15H,1,4,14H2,2H3. The van der Waals surface area contributed by atoms with E-state index in [9.17, 15) is 4.79 Å². The summed E-state index contributed by atoms with van der Waals surface area (Å²) in [5.41, 5.74) is 1.52. The van der Waals surface area contributed by atoms with E-state index >= 15 is 0 Å². The van der Waals surface area contributed by atoms with Crippen LogP contribution in [0.2, 0.25) is 0 Å². The van der Waals surface area contributed by atoms with Gasteiger partial charge in [-0.15, -0.1) is 6.58 Å². The molecule has 1 aromatic heterocycles. The fourth-order valence-electron chi connectivity index (χ4n) is 3.23. The van der Waals surface area contributed by atoms with Gasteiger partial charge in [-0.2, -0.15) is 4.99 Å². The van der Waals surface area contributed by atoms with Crippen LogP contribution in [-0.4, -0.2) is 17.1 Å². The number of thiazole rings is 1. The van der Waals surface area contributed by atoms with Gasteiger partial charge in [-0.1, -0.05) is 53.8 Å². The molecule has 0 N–H and O–H groups in total. The van der Waals surface area contributed by atoms with Crippen molar-refractivity contribution in [1.29, 1.82) is 0 Å². The number of amides is 1. The molecule has 0 aliphatic rings. The van der Waals surface area contributed by atoms with E-state index in [1.165, 1.54) is 11.3 Å². The zero-order valence-electron chi connectivity index (χ0n) is 15.6. The first-order valence-electron chi connectivity index (χ1n) is 9.15. The third kappa shape index (κ3) is 3.37. The van der Waals surface area contributed by atoms with Crippen molar-refractivity contribution >= 4 is 38.2 Å². The van der Waals surface area contributed by atoms with Crippen molar-refractivity contribution < 1.29 is 9.53 Å². The van der Waals surface area contributed by atoms with Crippen LogP contribution in [0.1, 0.15) is 17.3 Å². The van der Waals surface area contributed by atoms with Gasteiger partial charge in [0.1, 0.15) is 11.3 Å². The summed E-state index contributed by atoms with van der Waals surface area (Å²) in [4.78, 5) is 17.9. The molecule has 0 saturated carbocycles. The lowest BCUT2D eigenvalue weighted by atomic mass is 10.1. The second-order valence-corrected chi connectivity index (χ2v) is 7.31. The number of fused-ring (bicyclic) bond motifs is 2. The molecule has 0 radical (unpaired) electrons. The first kappa shape index (κ1) is 18.2. The fraction of sp³-hybridized carbons (Fsp3) is 0.130. The Morgan fingerprint density at radius 1 is 1.14 bits per heavy atom. The van der Waals surface area contributed by atoms with E-state index in [1.807, 2.05) is 72.2 Å². The Morgan fingerprint density at radius 2 is 1.96 bits per heavy atom. The Morgan fingerprint density at radius 3 is 2.75 bits per heavy atom. The van der Waals surface area contributed by atoms with Crippen LogP contribution in [0.15, 0.2) is 78.3 Å². The van der Waals surface area contributed by atoms with Gasteiger partial charge in [-0.3, -0.25) is 4.79 Å². The molecule has 4 rings (SSSR count). The molecule has 0 spiro atoms. The van der Waals surface area contributed by atoms with Crippen LogP contribution >= 0.6 is 11.3 Å². The second kappa shape index (κ2) is 7.82. The average Bonchev–Trinajstić information content (AvgIpc) is 3.06. The number of allylic oxidation sites excluding steroid dienone is 1. The Kier molecular flexibility index (Phi) is 5.08. The molecule has 0 saturated heterocycles. The maximum Gasteiger partial charge on any atom is 0.279 e. The van der Waals surface area contributed by atoms with E-state index in [0.29, 0.717) is 23.5 Å². The highest BCUT2D eigenvalue weighted by molar-refractivity contribution is 7.16.